The highest BCUT2D eigenvalue weighted by molar-refractivity contribution is 5.72. The first-order valence-corrected chi connectivity index (χ1v) is 16.7. The third-order valence-corrected chi connectivity index (χ3v) is 9.21. The molecule has 0 radical (unpaired) electrons. The maximum atomic E-state index is 9.48. The maximum Gasteiger partial charge on any atom is 0.147 e. The fourth-order valence-electron chi connectivity index (χ4n) is 6.60. The van der Waals surface area contributed by atoms with Crippen LogP contribution in [0.15, 0.2) is 48.6 Å². The van der Waals surface area contributed by atoms with Crippen LogP contribution in [0.2, 0.25) is 0 Å². The second-order valence-electron chi connectivity index (χ2n) is 12.8. The van der Waals surface area contributed by atoms with Gasteiger partial charge in [0.05, 0.1) is 19.8 Å². The fourth-order valence-corrected chi connectivity index (χ4v) is 6.60. The van der Waals surface area contributed by atoms with Gasteiger partial charge in [0.2, 0.25) is 0 Å². The summed E-state index contributed by atoms with van der Waals surface area (Å²) in [5, 5.41) is 8.00. The summed E-state index contributed by atoms with van der Waals surface area (Å²) in [6.07, 6.45) is 20.7. The second kappa shape index (κ2) is 24.3. The number of carbonyl (C=O) groups excluding carboxylic acids is 2. The average Bonchev–Trinajstić information content (AvgIpc) is 3.05. The van der Waals surface area contributed by atoms with Gasteiger partial charge in [-0.15, -0.1) is 0 Å². The highest BCUT2D eigenvalue weighted by atomic mass is 16.5. The molecule has 1 N–H and O–H groups in total. The number of aldehydes is 2. The van der Waals surface area contributed by atoms with Gasteiger partial charge in [0.15, 0.2) is 0 Å². The topological polar surface area (TPSA) is 72.8 Å². The number of hydrogen-bond acceptors (Lipinski definition) is 5. The number of aryl methyl sites for hydroxylation is 1. The maximum absolute atomic E-state index is 9.48. The molecule has 5 nitrogen and oxygen atoms in total. The first kappa shape index (κ1) is 38.9. The van der Waals surface area contributed by atoms with Crippen LogP contribution < -0.4 is 0 Å². The number of allylic oxidation sites excluding steroid dienone is 1. The monoisotopic (exact) mass is 598 g/mol. The van der Waals surface area contributed by atoms with E-state index in [-0.39, 0.29) is 12.2 Å². The second-order valence-corrected chi connectivity index (χ2v) is 12.8. The van der Waals surface area contributed by atoms with E-state index in [1.165, 1.54) is 95.5 Å². The number of aliphatic hydroxyl groups excluding tert-OH is 1. The highest BCUT2D eigenvalue weighted by Gasteiger charge is 2.31. The quantitative estimate of drug-likeness (QED) is 0.117. The Labute approximate surface area is 263 Å². The Kier molecular flexibility index (Phi) is 22.0. The van der Waals surface area contributed by atoms with Gasteiger partial charge in [-0.1, -0.05) is 76.5 Å². The number of unbranched alkanes of at least 4 members (excludes halogenated alkanes) is 2. The highest BCUT2D eigenvalue weighted by Crippen LogP contribution is 2.44. The number of carbonyl (C=O) groups is 2. The lowest BCUT2D eigenvalue weighted by Gasteiger charge is -2.38. The molecule has 0 unspecified atom stereocenters. The first-order valence-electron chi connectivity index (χ1n) is 16.7. The molecule has 0 saturated heterocycles. The zero-order valence-electron chi connectivity index (χ0n) is 27.9. The van der Waals surface area contributed by atoms with E-state index >= 15 is 0 Å². The Hall–Kier alpha value is -2.08. The lowest BCUT2D eigenvalue weighted by molar-refractivity contribution is -0.105. The van der Waals surface area contributed by atoms with Crippen molar-refractivity contribution in [2.75, 3.05) is 34.0 Å². The van der Waals surface area contributed by atoms with Gasteiger partial charge >= 0.3 is 0 Å². The van der Waals surface area contributed by atoms with Crippen molar-refractivity contribution in [3.8, 4) is 0 Å². The summed E-state index contributed by atoms with van der Waals surface area (Å²) in [6, 6.07) is 9.69. The number of methoxy groups -OCH3 is 2. The molecule has 1 aromatic carbocycles. The van der Waals surface area contributed by atoms with Crippen molar-refractivity contribution >= 4 is 12.6 Å². The summed E-state index contributed by atoms with van der Waals surface area (Å²) in [5.74, 6) is 4.32. The predicted molar refractivity (Wildman–Crippen MR) is 179 cm³/mol. The van der Waals surface area contributed by atoms with Gasteiger partial charge in [0.1, 0.15) is 12.6 Å². The normalized spacial score (nSPS) is 21.5. The summed E-state index contributed by atoms with van der Waals surface area (Å²) in [4.78, 5) is 18.9. The lowest BCUT2D eigenvalue weighted by Crippen LogP contribution is -2.26. The minimum atomic E-state index is -0.233. The zero-order chi connectivity index (χ0) is 31.9. The number of hydrogen-bond donors (Lipinski definition) is 1. The molecule has 244 valence electrons. The summed E-state index contributed by atoms with van der Waals surface area (Å²) in [7, 11) is 3.62. The molecule has 2 aliphatic carbocycles. The van der Waals surface area contributed by atoms with Crippen molar-refractivity contribution < 1.29 is 24.2 Å². The molecule has 0 bridgehead atoms. The minimum absolute atomic E-state index is 0.218. The molecular formula is C38H62O5. The molecule has 2 saturated carbocycles. The molecule has 2 fully saturated rings. The van der Waals surface area contributed by atoms with E-state index in [1.807, 2.05) is 14.2 Å². The molecule has 1 aromatic rings. The van der Waals surface area contributed by atoms with Crippen molar-refractivity contribution in [1.29, 1.82) is 0 Å². The van der Waals surface area contributed by atoms with Crippen LogP contribution in [0.5, 0.6) is 0 Å². The van der Waals surface area contributed by atoms with Crippen molar-refractivity contribution in [3.63, 3.8) is 0 Å². The van der Waals surface area contributed by atoms with Crippen LogP contribution in [0.3, 0.4) is 0 Å². The summed E-state index contributed by atoms with van der Waals surface area (Å²) < 4.78 is 10.8. The average molecular weight is 599 g/mol. The van der Waals surface area contributed by atoms with Crippen LogP contribution in [0.4, 0.5) is 0 Å². The number of benzene rings is 1. The van der Waals surface area contributed by atoms with Crippen LogP contribution in [0.25, 0.3) is 0 Å². The molecule has 0 amide bonds. The van der Waals surface area contributed by atoms with Gasteiger partial charge in [-0.05, 0) is 105 Å². The molecule has 5 heteroatoms. The van der Waals surface area contributed by atoms with Crippen LogP contribution in [0.1, 0.15) is 114 Å². The van der Waals surface area contributed by atoms with Crippen LogP contribution in [-0.2, 0) is 25.5 Å². The molecule has 0 heterocycles. The van der Waals surface area contributed by atoms with Gasteiger partial charge in [0.25, 0.3) is 0 Å². The summed E-state index contributed by atoms with van der Waals surface area (Å²) >= 11 is 0. The number of ether oxygens (including phenoxy) is 2. The number of aliphatic hydroxyl groups is 1. The smallest absolute Gasteiger partial charge is 0.147 e. The van der Waals surface area contributed by atoms with Gasteiger partial charge < -0.3 is 14.6 Å². The van der Waals surface area contributed by atoms with Crippen molar-refractivity contribution in [3.05, 3.63) is 59.7 Å². The van der Waals surface area contributed by atoms with E-state index in [9.17, 15) is 9.59 Å². The van der Waals surface area contributed by atoms with E-state index in [0.717, 1.165) is 43.2 Å². The third-order valence-electron chi connectivity index (χ3n) is 9.21. The van der Waals surface area contributed by atoms with E-state index in [2.05, 4.69) is 44.3 Å². The SMILES string of the molecule is C=C(C)C=O.C=C(C=O)CO.CCCCCc1ccc(C2CCC(C3CCC(CCC(COC)COC)CC3)CC2)cc1. The van der Waals surface area contributed by atoms with Gasteiger partial charge in [0, 0.05) is 25.7 Å². The Morgan fingerprint density at radius 3 is 1.84 bits per heavy atom. The van der Waals surface area contributed by atoms with E-state index in [4.69, 9.17) is 14.6 Å². The van der Waals surface area contributed by atoms with E-state index in [1.54, 1.807) is 12.5 Å². The van der Waals surface area contributed by atoms with Gasteiger partial charge in [-0.25, -0.2) is 0 Å². The number of rotatable bonds is 16. The summed E-state index contributed by atoms with van der Waals surface area (Å²) in [5.41, 5.74) is 3.93. The Balaban J connectivity index is 0.000000716. The third kappa shape index (κ3) is 17.1. The fraction of sp³-hybridized carbons (Fsp3) is 0.684. The minimum Gasteiger partial charge on any atom is -0.392 e. The molecule has 43 heavy (non-hydrogen) atoms. The lowest BCUT2D eigenvalue weighted by atomic mass is 9.68. The Morgan fingerprint density at radius 1 is 0.884 bits per heavy atom. The summed E-state index contributed by atoms with van der Waals surface area (Å²) in [6.45, 7) is 11.9. The molecule has 2 aliphatic rings. The van der Waals surface area contributed by atoms with Crippen LogP contribution in [-0.4, -0.2) is 51.7 Å². The predicted octanol–water partition coefficient (Wildman–Crippen LogP) is 8.68. The van der Waals surface area contributed by atoms with Crippen molar-refractivity contribution in [2.24, 2.45) is 23.7 Å². The van der Waals surface area contributed by atoms with E-state index < -0.39 is 0 Å². The van der Waals surface area contributed by atoms with Gasteiger partial charge in [-0.3, -0.25) is 9.59 Å². The molecular weight excluding hydrogens is 536 g/mol. The van der Waals surface area contributed by atoms with E-state index in [0.29, 0.717) is 17.8 Å². The zero-order valence-corrected chi connectivity index (χ0v) is 27.9. The molecule has 0 spiro atoms. The Bertz CT molecular complexity index is 870. The first-order chi connectivity index (χ1) is 20.8. The van der Waals surface area contributed by atoms with Gasteiger partial charge in [-0.2, -0.15) is 0 Å². The molecule has 0 aliphatic heterocycles. The largest absolute Gasteiger partial charge is 0.392 e. The van der Waals surface area contributed by atoms with Crippen molar-refractivity contribution in [2.45, 2.75) is 110 Å². The molecule has 3 rings (SSSR count). The van der Waals surface area contributed by atoms with Crippen LogP contribution in [0, 0.1) is 23.7 Å². The molecule has 0 atom stereocenters. The standard InChI is InChI=1S/C30H50O2.C4H6O2.C4H6O/c1-4-5-6-7-24-10-14-27(15-11-24)29-18-20-30(21-19-29)28-16-12-25(13-17-28)8-9-26(22-31-2)23-32-3;1-4(2-5)3-6;1-4(2)3-5/h10-11,14-15,25-26,28-30H,4-9,12-13,16-23H2,1-3H3;2,6H,1,3H2;3H,1H2,2H3. The molecule has 0 aromatic heterocycles. The van der Waals surface area contributed by atoms with Crippen molar-refractivity contribution in [1.82, 2.24) is 0 Å². The Morgan fingerprint density at radius 2 is 1.42 bits per heavy atom. The van der Waals surface area contributed by atoms with Crippen LogP contribution >= 0.6 is 0 Å².